The van der Waals surface area contributed by atoms with Crippen molar-refractivity contribution in [3.05, 3.63) is 29.8 Å². The maximum absolute atomic E-state index is 11.7. The van der Waals surface area contributed by atoms with Crippen molar-refractivity contribution in [3.8, 4) is 6.07 Å². The Morgan fingerprint density at radius 2 is 2.41 bits per heavy atom. The number of benzene rings is 1. The standard InChI is InChI=1S/C12H12N2O3/c13-7-9-2-1-3-10(6-9)14-11(8-15)4-5-17-12(14)16/h1-3,6,11,15H,4-5,8H2. The van der Waals surface area contributed by atoms with Gasteiger partial charge in [-0.25, -0.2) is 4.79 Å². The van der Waals surface area contributed by atoms with Gasteiger partial charge >= 0.3 is 6.09 Å². The van der Waals surface area contributed by atoms with Gasteiger partial charge in [0, 0.05) is 12.1 Å². The zero-order chi connectivity index (χ0) is 12.3. The minimum absolute atomic E-state index is 0.119. The van der Waals surface area contributed by atoms with Gasteiger partial charge in [-0.15, -0.1) is 0 Å². The molecule has 0 spiro atoms. The molecule has 88 valence electrons. The van der Waals surface area contributed by atoms with Crippen LogP contribution in [0.3, 0.4) is 0 Å². The lowest BCUT2D eigenvalue weighted by Gasteiger charge is -2.33. The Hall–Kier alpha value is -2.06. The predicted molar refractivity (Wildman–Crippen MR) is 60.5 cm³/mol. The maximum Gasteiger partial charge on any atom is 0.414 e. The SMILES string of the molecule is N#Cc1cccc(N2C(=O)OCCC2CO)c1. The van der Waals surface area contributed by atoms with E-state index < -0.39 is 6.09 Å². The van der Waals surface area contributed by atoms with Crippen LogP contribution in [0.1, 0.15) is 12.0 Å². The van der Waals surface area contributed by atoms with E-state index in [0.717, 1.165) is 0 Å². The second kappa shape index (κ2) is 4.85. The molecule has 1 aliphatic heterocycles. The van der Waals surface area contributed by atoms with Gasteiger partial charge in [0.2, 0.25) is 0 Å². The summed E-state index contributed by atoms with van der Waals surface area (Å²) in [7, 11) is 0. The summed E-state index contributed by atoms with van der Waals surface area (Å²) < 4.78 is 4.94. The molecule has 1 amide bonds. The van der Waals surface area contributed by atoms with Gasteiger partial charge in [0.1, 0.15) is 0 Å². The van der Waals surface area contributed by atoms with Gasteiger partial charge in [-0.05, 0) is 18.2 Å². The van der Waals surface area contributed by atoms with E-state index in [0.29, 0.717) is 24.3 Å². The highest BCUT2D eigenvalue weighted by Gasteiger charge is 2.30. The van der Waals surface area contributed by atoms with E-state index in [1.807, 2.05) is 6.07 Å². The largest absolute Gasteiger partial charge is 0.449 e. The van der Waals surface area contributed by atoms with Crippen LogP contribution in [-0.4, -0.2) is 30.5 Å². The van der Waals surface area contributed by atoms with Crippen LogP contribution in [0, 0.1) is 11.3 Å². The Bertz CT molecular complexity index is 467. The number of hydrogen-bond donors (Lipinski definition) is 1. The molecule has 0 aromatic heterocycles. The zero-order valence-corrected chi connectivity index (χ0v) is 9.17. The molecule has 1 aromatic rings. The molecule has 0 radical (unpaired) electrons. The van der Waals surface area contributed by atoms with Gasteiger partial charge in [-0.3, -0.25) is 4.90 Å². The Morgan fingerprint density at radius 1 is 1.59 bits per heavy atom. The average molecular weight is 232 g/mol. The van der Waals surface area contributed by atoms with Crippen molar-refractivity contribution in [2.75, 3.05) is 18.1 Å². The summed E-state index contributed by atoms with van der Waals surface area (Å²) in [6, 6.07) is 8.41. The third-order valence-corrected chi connectivity index (χ3v) is 2.70. The predicted octanol–water partition coefficient (Wildman–Crippen LogP) is 1.27. The first-order valence-electron chi connectivity index (χ1n) is 5.33. The lowest BCUT2D eigenvalue weighted by molar-refractivity contribution is 0.116. The van der Waals surface area contributed by atoms with E-state index in [9.17, 15) is 9.90 Å². The lowest BCUT2D eigenvalue weighted by atomic mass is 10.1. The molecular formula is C12H12N2O3. The fraction of sp³-hybridized carbons (Fsp3) is 0.333. The summed E-state index contributed by atoms with van der Waals surface area (Å²) in [6.07, 6.45) is 0.101. The van der Waals surface area contributed by atoms with Crippen LogP contribution in [0.5, 0.6) is 0 Å². The third kappa shape index (κ3) is 2.22. The molecule has 1 atom stereocenters. The van der Waals surface area contributed by atoms with Crippen molar-refractivity contribution in [2.45, 2.75) is 12.5 Å². The number of carbonyl (C=O) groups excluding carboxylic acids is 1. The Labute approximate surface area is 98.8 Å². The second-order valence-electron chi connectivity index (χ2n) is 3.77. The van der Waals surface area contributed by atoms with Gasteiger partial charge in [0.25, 0.3) is 0 Å². The topological polar surface area (TPSA) is 73.6 Å². The quantitative estimate of drug-likeness (QED) is 0.833. The van der Waals surface area contributed by atoms with E-state index in [2.05, 4.69) is 0 Å². The molecule has 5 heteroatoms. The van der Waals surface area contributed by atoms with Crippen LogP contribution >= 0.6 is 0 Å². The van der Waals surface area contributed by atoms with Crippen LogP contribution in [-0.2, 0) is 4.74 Å². The first-order chi connectivity index (χ1) is 8.26. The van der Waals surface area contributed by atoms with Crippen molar-refractivity contribution in [1.29, 1.82) is 5.26 Å². The van der Waals surface area contributed by atoms with Crippen LogP contribution in [0.25, 0.3) is 0 Å². The molecule has 2 rings (SSSR count). The normalized spacial score (nSPS) is 19.6. The molecule has 0 saturated carbocycles. The lowest BCUT2D eigenvalue weighted by Crippen LogP contribution is -2.47. The highest BCUT2D eigenvalue weighted by molar-refractivity contribution is 5.89. The van der Waals surface area contributed by atoms with E-state index in [1.54, 1.807) is 24.3 Å². The van der Waals surface area contributed by atoms with Crippen LogP contribution in [0.15, 0.2) is 24.3 Å². The zero-order valence-electron chi connectivity index (χ0n) is 9.17. The summed E-state index contributed by atoms with van der Waals surface area (Å²) in [5.74, 6) is 0. The van der Waals surface area contributed by atoms with Crippen molar-refractivity contribution >= 4 is 11.8 Å². The summed E-state index contributed by atoms with van der Waals surface area (Å²) >= 11 is 0. The highest BCUT2D eigenvalue weighted by atomic mass is 16.6. The van der Waals surface area contributed by atoms with Gasteiger partial charge in [-0.1, -0.05) is 6.07 Å². The molecule has 1 N–H and O–H groups in total. The van der Waals surface area contributed by atoms with E-state index in [1.165, 1.54) is 4.90 Å². The third-order valence-electron chi connectivity index (χ3n) is 2.70. The van der Waals surface area contributed by atoms with Crippen LogP contribution < -0.4 is 4.90 Å². The number of aliphatic hydroxyl groups excluding tert-OH is 1. The Kier molecular flexibility index (Phi) is 3.26. The minimum atomic E-state index is -0.481. The second-order valence-corrected chi connectivity index (χ2v) is 3.77. The molecular weight excluding hydrogens is 220 g/mol. The minimum Gasteiger partial charge on any atom is -0.449 e. The number of ether oxygens (including phenoxy) is 1. The van der Waals surface area contributed by atoms with Crippen molar-refractivity contribution < 1.29 is 14.6 Å². The molecule has 1 unspecified atom stereocenters. The van der Waals surface area contributed by atoms with Gasteiger partial charge in [0.15, 0.2) is 0 Å². The number of amides is 1. The summed E-state index contributed by atoms with van der Waals surface area (Å²) in [4.78, 5) is 13.1. The Balaban J connectivity index is 2.35. The monoisotopic (exact) mass is 232 g/mol. The number of hydrogen-bond acceptors (Lipinski definition) is 4. The Morgan fingerprint density at radius 3 is 3.12 bits per heavy atom. The van der Waals surface area contributed by atoms with E-state index in [-0.39, 0.29) is 12.6 Å². The maximum atomic E-state index is 11.7. The summed E-state index contributed by atoms with van der Waals surface area (Å²) in [6.45, 7) is 0.199. The van der Waals surface area contributed by atoms with Gasteiger partial charge in [-0.2, -0.15) is 5.26 Å². The first-order valence-corrected chi connectivity index (χ1v) is 5.33. The number of rotatable bonds is 2. The molecule has 0 aliphatic carbocycles. The van der Waals surface area contributed by atoms with Crippen molar-refractivity contribution in [3.63, 3.8) is 0 Å². The molecule has 1 saturated heterocycles. The van der Waals surface area contributed by atoms with E-state index >= 15 is 0 Å². The van der Waals surface area contributed by atoms with Gasteiger partial charge < -0.3 is 9.84 Å². The number of cyclic esters (lactones) is 1. The molecule has 1 fully saturated rings. The van der Waals surface area contributed by atoms with Crippen molar-refractivity contribution in [1.82, 2.24) is 0 Å². The number of aliphatic hydroxyl groups is 1. The van der Waals surface area contributed by atoms with Crippen LogP contribution in [0.2, 0.25) is 0 Å². The number of anilines is 1. The summed E-state index contributed by atoms with van der Waals surface area (Å²) in [5.41, 5.74) is 1.05. The number of carbonyl (C=O) groups is 1. The van der Waals surface area contributed by atoms with E-state index in [4.69, 9.17) is 10.00 Å². The molecule has 1 aliphatic rings. The van der Waals surface area contributed by atoms with Crippen LogP contribution in [0.4, 0.5) is 10.5 Å². The fourth-order valence-electron chi connectivity index (χ4n) is 1.84. The molecule has 1 heterocycles. The molecule has 17 heavy (non-hydrogen) atoms. The molecule has 1 aromatic carbocycles. The molecule has 0 bridgehead atoms. The molecule has 5 nitrogen and oxygen atoms in total. The fourth-order valence-corrected chi connectivity index (χ4v) is 1.84. The smallest absolute Gasteiger partial charge is 0.414 e. The van der Waals surface area contributed by atoms with Gasteiger partial charge in [0.05, 0.1) is 30.9 Å². The number of nitriles is 1. The summed E-state index contributed by atoms with van der Waals surface area (Å²) in [5, 5.41) is 18.1. The highest BCUT2D eigenvalue weighted by Crippen LogP contribution is 2.23. The first kappa shape index (κ1) is 11.4. The average Bonchev–Trinajstić information content (AvgIpc) is 2.38. The number of nitrogens with zero attached hydrogens (tertiary/aromatic N) is 2. The van der Waals surface area contributed by atoms with Crippen molar-refractivity contribution in [2.24, 2.45) is 0 Å².